The van der Waals surface area contributed by atoms with Crippen LogP contribution >= 0.6 is 31.9 Å². The molecule has 0 aromatic heterocycles. The molecule has 4 heteroatoms. The SMILES string of the molecule is CC(C)(Br)C(=O)c1ccc(C(C)(C)c2ccc(C(=O)C(C)(C)Br)cc2)cc1. The highest BCUT2D eigenvalue weighted by Gasteiger charge is 2.28. The van der Waals surface area contributed by atoms with Crippen LogP contribution in [0.1, 0.15) is 73.4 Å². The van der Waals surface area contributed by atoms with Crippen molar-refractivity contribution in [2.45, 2.75) is 55.6 Å². The van der Waals surface area contributed by atoms with Crippen molar-refractivity contribution >= 4 is 43.4 Å². The average Bonchev–Trinajstić information content (AvgIpc) is 2.59. The summed E-state index contributed by atoms with van der Waals surface area (Å²) in [5, 5.41) is 0. The summed E-state index contributed by atoms with van der Waals surface area (Å²) in [6.07, 6.45) is 0. The molecule has 0 aliphatic carbocycles. The molecule has 2 rings (SSSR count). The molecule has 0 unspecified atom stereocenters. The Morgan fingerprint density at radius 2 is 0.852 bits per heavy atom. The maximum Gasteiger partial charge on any atom is 0.178 e. The van der Waals surface area contributed by atoms with Gasteiger partial charge in [-0.3, -0.25) is 9.59 Å². The summed E-state index contributed by atoms with van der Waals surface area (Å²) in [5.74, 6) is 0.124. The monoisotopic (exact) mass is 492 g/mol. The average molecular weight is 494 g/mol. The third-order valence-electron chi connectivity index (χ3n) is 4.82. The highest BCUT2D eigenvalue weighted by molar-refractivity contribution is 9.10. The number of benzene rings is 2. The van der Waals surface area contributed by atoms with Crippen LogP contribution in [0, 0.1) is 0 Å². The molecule has 0 N–H and O–H groups in total. The number of hydrogen-bond donors (Lipinski definition) is 0. The zero-order valence-electron chi connectivity index (χ0n) is 16.7. The molecule has 27 heavy (non-hydrogen) atoms. The standard InChI is InChI=1S/C23H26Br2O2/c1-21(2,17-11-7-15(8-12-17)19(26)22(3,4)24)18-13-9-16(10-14-18)20(27)23(5,6)25/h7-14H,1-6H3. The van der Waals surface area contributed by atoms with E-state index in [-0.39, 0.29) is 17.0 Å². The normalized spacial score (nSPS) is 12.7. The minimum Gasteiger partial charge on any atom is -0.293 e. The van der Waals surface area contributed by atoms with Crippen LogP contribution < -0.4 is 0 Å². The maximum atomic E-state index is 12.4. The van der Waals surface area contributed by atoms with Gasteiger partial charge in [-0.1, -0.05) is 94.2 Å². The predicted octanol–water partition coefficient (Wildman–Crippen LogP) is 6.72. The Bertz CT molecular complexity index is 762. The molecule has 0 aliphatic rings. The number of Topliss-reactive ketones (excluding diaryl/α,β-unsaturated/α-hetero) is 2. The highest BCUT2D eigenvalue weighted by atomic mass is 79.9. The lowest BCUT2D eigenvalue weighted by molar-refractivity contribution is 0.0954. The van der Waals surface area contributed by atoms with Crippen LogP contribution in [0.25, 0.3) is 0 Å². The largest absolute Gasteiger partial charge is 0.293 e. The zero-order valence-corrected chi connectivity index (χ0v) is 19.9. The van der Waals surface area contributed by atoms with Crippen LogP contribution in [0.5, 0.6) is 0 Å². The van der Waals surface area contributed by atoms with Gasteiger partial charge in [-0.05, 0) is 38.8 Å². The number of alkyl halides is 2. The van der Waals surface area contributed by atoms with E-state index < -0.39 is 8.65 Å². The molecular formula is C23H26Br2O2. The summed E-state index contributed by atoms with van der Waals surface area (Å²) in [6.45, 7) is 11.7. The van der Waals surface area contributed by atoms with Gasteiger partial charge in [0.1, 0.15) is 0 Å². The smallest absolute Gasteiger partial charge is 0.178 e. The maximum absolute atomic E-state index is 12.4. The first kappa shape index (κ1) is 22.0. The Kier molecular flexibility index (Phi) is 6.23. The Morgan fingerprint density at radius 1 is 0.593 bits per heavy atom. The first-order valence-corrected chi connectivity index (χ1v) is 10.5. The summed E-state index contributed by atoms with van der Waals surface area (Å²) in [7, 11) is 0. The van der Waals surface area contributed by atoms with Crippen LogP contribution in [-0.4, -0.2) is 20.2 Å². The van der Waals surface area contributed by atoms with E-state index in [1.165, 1.54) is 0 Å². The fraction of sp³-hybridized carbons (Fsp3) is 0.391. The van der Waals surface area contributed by atoms with Gasteiger partial charge < -0.3 is 0 Å². The van der Waals surface area contributed by atoms with Crippen LogP contribution in [0.3, 0.4) is 0 Å². The third-order valence-corrected chi connectivity index (χ3v) is 5.54. The summed E-state index contributed by atoms with van der Waals surface area (Å²) < 4.78 is -1.15. The van der Waals surface area contributed by atoms with Crippen molar-refractivity contribution in [2.24, 2.45) is 0 Å². The Labute approximate surface area is 179 Å². The van der Waals surface area contributed by atoms with Crippen molar-refractivity contribution in [3.63, 3.8) is 0 Å². The Hall–Kier alpha value is -1.26. The number of ketones is 2. The molecule has 0 spiro atoms. The quantitative estimate of drug-likeness (QED) is 0.330. The molecule has 144 valence electrons. The predicted molar refractivity (Wildman–Crippen MR) is 120 cm³/mol. The van der Waals surface area contributed by atoms with Crippen LogP contribution in [0.4, 0.5) is 0 Å². The molecule has 2 nitrogen and oxygen atoms in total. The number of hydrogen-bond acceptors (Lipinski definition) is 2. The summed E-state index contributed by atoms with van der Waals surface area (Å²) in [6, 6.07) is 15.6. The molecule has 0 fully saturated rings. The molecule has 0 radical (unpaired) electrons. The molecule has 0 aliphatic heterocycles. The van der Waals surface area contributed by atoms with Gasteiger partial charge in [0.25, 0.3) is 0 Å². The van der Waals surface area contributed by atoms with Gasteiger partial charge in [0.2, 0.25) is 0 Å². The lowest BCUT2D eigenvalue weighted by Gasteiger charge is -2.27. The molecule has 0 heterocycles. The van der Waals surface area contributed by atoms with Gasteiger partial charge in [-0.25, -0.2) is 0 Å². The number of carbonyl (C=O) groups is 2. The zero-order chi connectivity index (χ0) is 20.6. The summed E-state index contributed by atoms with van der Waals surface area (Å²) >= 11 is 6.85. The molecule has 2 aromatic carbocycles. The van der Waals surface area contributed by atoms with E-state index in [4.69, 9.17) is 0 Å². The van der Waals surface area contributed by atoms with E-state index in [0.717, 1.165) is 11.1 Å². The molecule has 0 bridgehead atoms. The van der Waals surface area contributed by atoms with E-state index in [0.29, 0.717) is 11.1 Å². The number of carbonyl (C=O) groups excluding carboxylic acids is 2. The van der Waals surface area contributed by atoms with Crippen molar-refractivity contribution < 1.29 is 9.59 Å². The first-order valence-electron chi connectivity index (χ1n) is 8.93. The van der Waals surface area contributed by atoms with E-state index in [2.05, 4.69) is 45.7 Å². The fourth-order valence-corrected chi connectivity index (χ4v) is 3.39. The van der Waals surface area contributed by atoms with Gasteiger partial charge in [-0.15, -0.1) is 0 Å². The molecule has 0 saturated heterocycles. The van der Waals surface area contributed by atoms with Crippen molar-refractivity contribution in [1.82, 2.24) is 0 Å². The highest BCUT2D eigenvalue weighted by Crippen LogP contribution is 2.33. The van der Waals surface area contributed by atoms with Crippen molar-refractivity contribution in [3.05, 3.63) is 70.8 Å². The van der Waals surface area contributed by atoms with Crippen molar-refractivity contribution in [2.75, 3.05) is 0 Å². The number of rotatable bonds is 6. The second kappa shape index (κ2) is 7.63. The molecule has 0 saturated carbocycles. The van der Waals surface area contributed by atoms with E-state index >= 15 is 0 Å². The van der Waals surface area contributed by atoms with Gasteiger partial charge in [0, 0.05) is 16.5 Å². The van der Waals surface area contributed by atoms with Crippen LogP contribution in [0.15, 0.2) is 48.5 Å². The summed E-state index contributed by atoms with van der Waals surface area (Å²) in [4.78, 5) is 24.8. The summed E-state index contributed by atoms with van der Waals surface area (Å²) in [5.41, 5.74) is 3.38. The second-order valence-corrected chi connectivity index (χ2v) is 12.3. The van der Waals surface area contributed by atoms with Gasteiger partial charge in [0.15, 0.2) is 11.6 Å². The van der Waals surface area contributed by atoms with E-state index in [9.17, 15) is 9.59 Å². The van der Waals surface area contributed by atoms with Crippen molar-refractivity contribution in [3.8, 4) is 0 Å². The van der Waals surface area contributed by atoms with E-state index in [1.807, 2.05) is 76.2 Å². The molecule has 2 aromatic rings. The fourth-order valence-electron chi connectivity index (χ4n) is 2.93. The second-order valence-electron chi connectivity index (χ2n) is 8.38. The minimum absolute atomic E-state index is 0.0621. The van der Waals surface area contributed by atoms with Gasteiger partial charge in [-0.2, -0.15) is 0 Å². The molecule has 0 amide bonds. The Balaban J connectivity index is 2.30. The van der Waals surface area contributed by atoms with Crippen LogP contribution in [0.2, 0.25) is 0 Å². The number of halogens is 2. The minimum atomic E-state index is -0.574. The third kappa shape index (κ3) is 4.97. The van der Waals surface area contributed by atoms with E-state index in [1.54, 1.807) is 0 Å². The molecule has 0 atom stereocenters. The lowest BCUT2D eigenvalue weighted by Crippen LogP contribution is -2.25. The van der Waals surface area contributed by atoms with Crippen molar-refractivity contribution in [1.29, 1.82) is 0 Å². The first-order chi connectivity index (χ1) is 12.2. The van der Waals surface area contributed by atoms with Gasteiger partial charge >= 0.3 is 0 Å². The topological polar surface area (TPSA) is 34.1 Å². The lowest BCUT2D eigenvalue weighted by atomic mass is 9.77. The van der Waals surface area contributed by atoms with Crippen LogP contribution in [-0.2, 0) is 5.41 Å². The molecular weight excluding hydrogens is 468 g/mol. The Morgan fingerprint density at radius 3 is 1.07 bits per heavy atom. The van der Waals surface area contributed by atoms with Gasteiger partial charge in [0.05, 0.1) is 8.65 Å².